The van der Waals surface area contributed by atoms with Crippen molar-refractivity contribution in [1.29, 1.82) is 0 Å². The topological polar surface area (TPSA) is 41.6 Å². The molecule has 0 bridgehead atoms. The van der Waals surface area contributed by atoms with E-state index in [2.05, 4.69) is 10.2 Å². The Morgan fingerprint density at radius 2 is 1.93 bits per heavy atom. The summed E-state index contributed by atoms with van der Waals surface area (Å²) < 4.78 is 44.6. The molecule has 1 amide bonds. The largest absolute Gasteiger partial charge is 0.496 e. The third-order valence-corrected chi connectivity index (χ3v) is 6.23. The maximum Gasteiger partial charge on any atom is 0.416 e. The average Bonchev–Trinajstić information content (AvgIpc) is 3.30. The lowest BCUT2D eigenvalue weighted by Gasteiger charge is -2.30. The quantitative estimate of drug-likeness (QED) is 0.750. The van der Waals surface area contributed by atoms with Crippen molar-refractivity contribution < 1.29 is 22.7 Å². The van der Waals surface area contributed by atoms with Crippen molar-refractivity contribution in [3.8, 4) is 5.75 Å². The van der Waals surface area contributed by atoms with Crippen LogP contribution in [0.5, 0.6) is 5.75 Å². The van der Waals surface area contributed by atoms with E-state index in [0.29, 0.717) is 6.04 Å². The molecule has 3 rings (SSSR count). The molecule has 1 heterocycles. The molecule has 4 nitrogen and oxygen atoms in total. The Kier molecular flexibility index (Phi) is 6.25. The Balaban J connectivity index is 1.85. The number of thioether (sulfide) groups is 1. The zero-order chi connectivity index (χ0) is 19.6. The number of amides is 1. The zero-order valence-corrected chi connectivity index (χ0v) is 16.4. The lowest BCUT2D eigenvalue weighted by molar-refractivity contribution is -0.137. The number of hydrogen-bond donors (Lipinski definition) is 1. The Morgan fingerprint density at radius 3 is 2.52 bits per heavy atom. The van der Waals surface area contributed by atoms with Gasteiger partial charge in [-0.3, -0.25) is 9.69 Å². The Hall–Kier alpha value is -1.41. The fourth-order valence-corrected chi connectivity index (χ4v) is 4.80. The molecule has 1 aliphatic heterocycles. The number of rotatable bonds is 5. The first-order chi connectivity index (χ1) is 12.8. The van der Waals surface area contributed by atoms with Crippen LogP contribution in [0.2, 0.25) is 0 Å². The zero-order valence-electron chi connectivity index (χ0n) is 15.6. The number of nitrogens with one attached hydrogen (secondary N) is 1. The molecular weight excluding hydrogens is 377 g/mol. The first-order valence-electron chi connectivity index (χ1n) is 9.23. The van der Waals surface area contributed by atoms with Crippen LogP contribution in [0.25, 0.3) is 0 Å². The summed E-state index contributed by atoms with van der Waals surface area (Å²) in [5.74, 6) is -0.400. The number of halogens is 3. The number of carbonyl (C=O) groups excluding carboxylic acids is 1. The summed E-state index contributed by atoms with van der Waals surface area (Å²) in [6, 6.07) is 2.27. The highest BCUT2D eigenvalue weighted by molar-refractivity contribution is 7.98. The fraction of sp³-hybridized carbons (Fsp3) is 0.632. The Labute approximate surface area is 161 Å². The van der Waals surface area contributed by atoms with Crippen LogP contribution in [0.3, 0.4) is 0 Å². The van der Waals surface area contributed by atoms with Gasteiger partial charge in [-0.2, -0.15) is 13.2 Å². The molecule has 2 fully saturated rings. The molecule has 2 unspecified atom stereocenters. The standard InChI is InChI=1S/C19H25F3N2O2S/c1-26-15-10-12(19(20,21)22)11-16(27-2)17(15)18(25)23-13-6-5-7-14(13)24-8-3-4-9-24/h10-11,13-14H,3-9H2,1-2H3,(H,23,25). The molecule has 1 aliphatic carbocycles. The number of nitrogens with zero attached hydrogens (tertiary/aromatic N) is 1. The van der Waals surface area contributed by atoms with E-state index in [1.807, 2.05) is 0 Å². The minimum Gasteiger partial charge on any atom is -0.496 e. The minimum atomic E-state index is -4.49. The van der Waals surface area contributed by atoms with Crippen molar-refractivity contribution in [2.24, 2.45) is 0 Å². The normalized spacial score (nSPS) is 23.6. The number of hydrogen-bond acceptors (Lipinski definition) is 4. The average molecular weight is 402 g/mol. The maximum absolute atomic E-state index is 13.1. The van der Waals surface area contributed by atoms with Crippen molar-refractivity contribution in [3.05, 3.63) is 23.3 Å². The number of benzene rings is 1. The smallest absolute Gasteiger partial charge is 0.416 e. The second-order valence-corrected chi connectivity index (χ2v) is 7.92. The Bertz CT molecular complexity index is 665. The van der Waals surface area contributed by atoms with Crippen LogP contribution in [0.1, 0.15) is 48.0 Å². The van der Waals surface area contributed by atoms with Gasteiger partial charge in [0.1, 0.15) is 5.75 Å². The van der Waals surface area contributed by atoms with Gasteiger partial charge in [0.25, 0.3) is 5.91 Å². The van der Waals surface area contributed by atoms with Crippen LogP contribution < -0.4 is 10.1 Å². The van der Waals surface area contributed by atoms with Gasteiger partial charge in [0.15, 0.2) is 0 Å². The molecule has 1 aromatic carbocycles. The minimum absolute atomic E-state index is 0.0253. The molecular formula is C19H25F3N2O2S. The predicted molar refractivity (Wildman–Crippen MR) is 99.5 cm³/mol. The number of alkyl halides is 3. The van der Waals surface area contributed by atoms with E-state index in [1.54, 1.807) is 6.26 Å². The lowest BCUT2D eigenvalue weighted by Crippen LogP contribution is -2.47. The molecule has 27 heavy (non-hydrogen) atoms. The molecule has 1 aromatic rings. The van der Waals surface area contributed by atoms with Gasteiger partial charge < -0.3 is 10.1 Å². The van der Waals surface area contributed by atoms with Gasteiger partial charge in [0.05, 0.1) is 18.2 Å². The van der Waals surface area contributed by atoms with Crippen molar-refractivity contribution in [3.63, 3.8) is 0 Å². The van der Waals surface area contributed by atoms with Crippen molar-refractivity contribution in [1.82, 2.24) is 10.2 Å². The second-order valence-electron chi connectivity index (χ2n) is 7.07. The van der Waals surface area contributed by atoms with Gasteiger partial charge in [-0.05, 0) is 63.6 Å². The molecule has 0 radical (unpaired) electrons. The Morgan fingerprint density at radius 1 is 1.22 bits per heavy atom. The number of methoxy groups -OCH3 is 1. The first-order valence-corrected chi connectivity index (χ1v) is 10.5. The molecule has 0 spiro atoms. The molecule has 2 atom stereocenters. The van der Waals surface area contributed by atoms with Crippen LogP contribution in [0, 0.1) is 0 Å². The van der Waals surface area contributed by atoms with E-state index in [0.717, 1.165) is 56.2 Å². The van der Waals surface area contributed by atoms with E-state index < -0.39 is 11.7 Å². The summed E-state index contributed by atoms with van der Waals surface area (Å²) in [4.78, 5) is 15.7. The third kappa shape index (κ3) is 4.37. The SMILES string of the molecule is COc1cc(C(F)(F)F)cc(SC)c1C(=O)NC1CCCC1N1CCCC1. The summed E-state index contributed by atoms with van der Waals surface area (Å²) in [5.41, 5.74) is -0.624. The van der Waals surface area contributed by atoms with Gasteiger partial charge >= 0.3 is 6.18 Å². The van der Waals surface area contributed by atoms with Crippen LogP contribution in [-0.2, 0) is 6.18 Å². The molecule has 8 heteroatoms. The molecule has 2 aliphatic rings. The summed E-state index contributed by atoms with van der Waals surface area (Å²) in [6.07, 6.45) is 2.52. The number of ether oxygens (including phenoxy) is 1. The summed E-state index contributed by atoms with van der Waals surface area (Å²) >= 11 is 1.12. The van der Waals surface area contributed by atoms with Gasteiger partial charge in [0.2, 0.25) is 0 Å². The third-order valence-electron chi connectivity index (χ3n) is 5.47. The highest BCUT2D eigenvalue weighted by Gasteiger charge is 2.36. The summed E-state index contributed by atoms with van der Waals surface area (Å²) in [7, 11) is 1.29. The fourth-order valence-electron chi connectivity index (χ4n) is 4.16. The molecule has 1 saturated carbocycles. The van der Waals surface area contributed by atoms with E-state index in [9.17, 15) is 18.0 Å². The van der Waals surface area contributed by atoms with Gasteiger partial charge in [-0.1, -0.05) is 0 Å². The van der Waals surface area contributed by atoms with Gasteiger partial charge in [-0.15, -0.1) is 11.8 Å². The van der Waals surface area contributed by atoms with Crippen LogP contribution in [-0.4, -0.2) is 49.3 Å². The first kappa shape index (κ1) is 20.3. The van der Waals surface area contributed by atoms with E-state index in [-0.39, 0.29) is 28.2 Å². The van der Waals surface area contributed by atoms with E-state index >= 15 is 0 Å². The van der Waals surface area contributed by atoms with Crippen molar-refractivity contribution in [2.75, 3.05) is 26.5 Å². The molecule has 1 saturated heterocycles. The van der Waals surface area contributed by atoms with Crippen molar-refractivity contribution >= 4 is 17.7 Å². The van der Waals surface area contributed by atoms with Crippen molar-refractivity contribution in [2.45, 2.75) is 55.3 Å². The molecule has 0 aromatic heterocycles. The lowest BCUT2D eigenvalue weighted by atomic mass is 10.1. The summed E-state index contributed by atoms with van der Waals surface area (Å²) in [6.45, 7) is 2.10. The van der Waals surface area contributed by atoms with Crippen LogP contribution >= 0.6 is 11.8 Å². The summed E-state index contributed by atoms with van der Waals surface area (Å²) in [5, 5.41) is 3.07. The molecule has 150 valence electrons. The maximum atomic E-state index is 13.1. The highest BCUT2D eigenvalue weighted by atomic mass is 32.2. The highest BCUT2D eigenvalue weighted by Crippen LogP contribution is 2.38. The molecule has 1 N–H and O–H groups in total. The second kappa shape index (κ2) is 8.31. The van der Waals surface area contributed by atoms with E-state index in [1.165, 1.54) is 20.0 Å². The van der Waals surface area contributed by atoms with Gasteiger partial charge in [0, 0.05) is 17.0 Å². The van der Waals surface area contributed by atoms with Crippen LogP contribution in [0.4, 0.5) is 13.2 Å². The predicted octanol–water partition coefficient (Wildman–Crippen LogP) is 4.18. The van der Waals surface area contributed by atoms with Gasteiger partial charge in [-0.25, -0.2) is 0 Å². The van der Waals surface area contributed by atoms with E-state index in [4.69, 9.17) is 4.74 Å². The monoisotopic (exact) mass is 402 g/mol. The number of likely N-dealkylation sites (tertiary alicyclic amines) is 1. The number of carbonyl (C=O) groups is 1. The van der Waals surface area contributed by atoms with Crippen LogP contribution in [0.15, 0.2) is 17.0 Å².